The zero-order chi connectivity index (χ0) is 8.55. The van der Waals surface area contributed by atoms with Gasteiger partial charge < -0.3 is 5.73 Å². The third-order valence-electron chi connectivity index (χ3n) is 3.40. The second kappa shape index (κ2) is 3.35. The van der Waals surface area contributed by atoms with Gasteiger partial charge in [-0.05, 0) is 38.6 Å². The van der Waals surface area contributed by atoms with Gasteiger partial charge in [0.05, 0.1) is 0 Å². The summed E-state index contributed by atoms with van der Waals surface area (Å²) in [5.41, 5.74) is 5.99. The highest BCUT2D eigenvalue weighted by atomic mass is 15.2. The van der Waals surface area contributed by atoms with Crippen molar-refractivity contribution in [2.75, 3.05) is 6.54 Å². The van der Waals surface area contributed by atoms with Crippen molar-refractivity contribution in [2.24, 2.45) is 5.73 Å². The zero-order valence-corrected chi connectivity index (χ0v) is 8.00. The van der Waals surface area contributed by atoms with Gasteiger partial charge >= 0.3 is 0 Å². The summed E-state index contributed by atoms with van der Waals surface area (Å²) in [6, 6.07) is 2.16. The van der Waals surface area contributed by atoms with Gasteiger partial charge in [-0.25, -0.2) is 0 Å². The average molecular weight is 168 g/mol. The van der Waals surface area contributed by atoms with E-state index in [0.29, 0.717) is 6.04 Å². The Balaban J connectivity index is 1.99. The molecule has 2 saturated heterocycles. The van der Waals surface area contributed by atoms with Gasteiger partial charge in [-0.15, -0.1) is 0 Å². The lowest BCUT2D eigenvalue weighted by Gasteiger charge is -2.37. The van der Waals surface area contributed by atoms with E-state index in [1.807, 2.05) is 0 Å². The molecule has 2 heteroatoms. The van der Waals surface area contributed by atoms with Crippen LogP contribution in [0.3, 0.4) is 0 Å². The van der Waals surface area contributed by atoms with E-state index in [0.717, 1.165) is 12.1 Å². The molecule has 2 bridgehead atoms. The average Bonchev–Trinajstić information content (AvgIpc) is 2.32. The van der Waals surface area contributed by atoms with Gasteiger partial charge in [0.25, 0.3) is 0 Å². The van der Waals surface area contributed by atoms with Gasteiger partial charge in [-0.1, -0.05) is 6.92 Å². The Labute approximate surface area is 75.1 Å². The fourth-order valence-electron chi connectivity index (χ4n) is 2.94. The molecule has 2 N–H and O–H groups in total. The predicted molar refractivity (Wildman–Crippen MR) is 51.0 cm³/mol. The number of hydrogen-bond donors (Lipinski definition) is 1. The van der Waals surface area contributed by atoms with Crippen LogP contribution in [0, 0.1) is 0 Å². The molecule has 0 aromatic heterocycles. The monoisotopic (exact) mass is 168 g/mol. The summed E-state index contributed by atoms with van der Waals surface area (Å²) in [6.07, 6.45) is 6.59. The minimum absolute atomic E-state index is 0.496. The van der Waals surface area contributed by atoms with Crippen LogP contribution < -0.4 is 5.73 Å². The molecule has 0 aromatic carbocycles. The highest BCUT2D eigenvalue weighted by Gasteiger charge is 2.38. The molecular formula is C10H20N2. The third-order valence-corrected chi connectivity index (χ3v) is 3.40. The lowest BCUT2D eigenvalue weighted by molar-refractivity contribution is 0.128. The molecule has 2 aliphatic heterocycles. The number of rotatable bonds is 2. The molecule has 0 aromatic rings. The Hall–Kier alpha value is -0.0800. The Morgan fingerprint density at radius 1 is 1.25 bits per heavy atom. The summed E-state index contributed by atoms with van der Waals surface area (Å²) in [5, 5.41) is 0. The Morgan fingerprint density at radius 2 is 1.83 bits per heavy atom. The molecule has 2 aliphatic rings. The van der Waals surface area contributed by atoms with Crippen molar-refractivity contribution in [3.63, 3.8) is 0 Å². The van der Waals surface area contributed by atoms with E-state index in [1.165, 1.54) is 38.6 Å². The first kappa shape index (κ1) is 8.52. The maximum absolute atomic E-state index is 5.99. The number of fused-ring (bicyclic) bond motifs is 2. The maximum Gasteiger partial charge on any atom is 0.0113 e. The molecular weight excluding hydrogens is 148 g/mol. The van der Waals surface area contributed by atoms with Crippen LogP contribution in [0.25, 0.3) is 0 Å². The second-order valence-electron chi connectivity index (χ2n) is 4.35. The van der Waals surface area contributed by atoms with Crippen LogP contribution in [0.1, 0.15) is 39.0 Å². The number of nitrogens with zero attached hydrogens (tertiary/aromatic N) is 1. The van der Waals surface area contributed by atoms with Crippen molar-refractivity contribution in [3.8, 4) is 0 Å². The molecule has 0 amide bonds. The van der Waals surface area contributed by atoms with E-state index in [2.05, 4.69) is 11.8 Å². The Bertz CT molecular complexity index is 144. The SMILES string of the molecule is CCCN1[C@@H]2CC[C@H]1CC(N)C2. The molecule has 2 fully saturated rings. The quantitative estimate of drug-likeness (QED) is 0.674. The summed E-state index contributed by atoms with van der Waals surface area (Å²) in [4.78, 5) is 2.70. The maximum atomic E-state index is 5.99. The highest BCUT2D eigenvalue weighted by molar-refractivity contribution is 4.96. The Morgan fingerprint density at radius 3 is 2.33 bits per heavy atom. The van der Waals surface area contributed by atoms with Crippen molar-refractivity contribution < 1.29 is 0 Å². The fraction of sp³-hybridized carbons (Fsp3) is 1.00. The van der Waals surface area contributed by atoms with E-state index >= 15 is 0 Å². The summed E-state index contributed by atoms with van der Waals surface area (Å²) in [6.45, 7) is 3.57. The van der Waals surface area contributed by atoms with Crippen LogP contribution in [0.4, 0.5) is 0 Å². The highest BCUT2D eigenvalue weighted by Crippen LogP contribution is 2.34. The van der Waals surface area contributed by atoms with E-state index in [-0.39, 0.29) is 0 Å². The number of nitrogens with two attached hydrogens (primary N) is 1. The summed E-state index contributed by atoms with van der Waals surface area (Å²) >= 11 is 0. The molecule has 3 atom stereocenters. The first-order valence-electron chi connectivity index (χ1n) is 5.32. The van der Waals surface area contributed by atoms with Crippen molar-refractivity contribution in [2.45, 2.75) is 57.2 Å². The molecule has 1 unspecified atom stereocenters. The number of hydrogen-bond acceptors (Lipinski definition) is 2. The van der Waals surface area contributed by atoms with Gasteiger partial charge in [0.15, 0.2) is 0 Å². The van der Waals surface area contributed by atoms with Gasteiger partial charge in [-0.3, -0.25) is 4.90 Å². The first-order valence-corrected chi connectivity index (χ1v) is 5.32. The zero-order valence-electron chi connectivity index (χ0n) is 8.00. The van der Waals surface area contributed by atoms with Crippen LogP contribution in [0.2, 0.25) is 0 Å². The van der Waals surface area contributed by atoms with E-state index in [1.54, 1.807) is 0 Å². The van der Waals surface area contributed by atoms with Crippen molar-refractivity contribution in [1.82, 2.24) is 4.90 Å². The molecule has 0 radical (unpaired) electrons. The van der Waals surface area contributed by atoms with Crippen LogP contribution >= 0.6 is 0 Å². The van der Waals surface area contributed by atoms with Crippen molar-refractivity contribution in [3.05, 3.63) is 0 Å². The van der Waals surface area contributed by atoms with Crippen LogP contribution in [0.15, 0.2) is 0 Å². The van der Waals surface area contributed by atoms with Crippen molar-refractivity contribution >= 4 is 0 Å². The lowest BCUT2D eigenvalue weighted by atomic mass is 9.98. The van der Waals surface area contributed by atoms with Crippen LogP contribution in [-0.4, -0.2) is 29.6 Å². The second-order valence-corrected chi connectivity index (χ2v) is 4.35. The molecule has 2 nitrogen and oxygen atoms in total. The summed E-state index contributed by atoms with van der Waals surface area (Å²) in [5.74, 6) is 0. The minimum atomic E-state index is 0.496. The first-order chi connectivity index (χ1) is 5.81. The molecule has 12 heavy (non-hydrogen) atoms. The predicted octanol–water partition coefficient (Wildman–Crippen LogP) is 1.35. The molecule has 70 valence electrons. The smallest absolute Gasteiger partial charge is 0.0113 e. The third kappa shape index (κ3) is 1.38. The van der Waals surface area contributed by atoms with Crippen molar-refractivity contribution in [1.29, 1.82) is 0 Å². The van der Waals surface area contributed by atoms with Gasteiger partial charge in [-0.2, -0.15) is 0 Å². The normalized spacial score (nSPS) is 42.0. The van der Waals surface area contributed by atoms with E-state index in [9.17, 15) is 0 Å². The van der Waals surface area contributed by atoms with Gasteiger partial charge in [0, 0.05) is 18.1 Å². The van der Waals surface area contributed by atoms with Gasteiger partial charge in [0.1, 0.15) is 0 Å². The van der Waals surface area contributed by atoms with E-state index < -0.39 is 0 Å². The minimum Gasteiger partial charge on any atom is -0.328 e. The molecule has 0 spiro atoms. The van der Waals surface area contributed by atoms with Gasteiger partial charge in [0.2, 0.25) is 0 Å². The summed E-state index contributed by atoms with van der Waals surface area (Å²) in [7, 11) is 0. The standard InChI is InChI=1S/C10H20N2/c1-2-5-12-9-3-4-10(12)7-8(11)6-9/h8-10H,2-7,11H2,1H3/t8?,9-,10+. The molecule has 0 saturated carbocycles. The molecule has 0 aliphatic carbocycles. The molecule has 2 heterocycles. The lowest BCUT2D eigenvalue weighted by Crippen LogP contribution is -2.47. The van der Waals surface area contributed by atoms with Crippen LogP contribution in [0.5, 0.6) is 0 Å². The largest absolute Gasteiger partial charge is 0.328 e. The molecule has 2 rings (SSSR count). The van der Waals surface area contributed by atoms with Crippen LogP contribution in [-0.2, 0) is 0 Å². The van der Waals surface area contributed by atoms with E-state index in [4.69, 9.17) is 5.73 Å². The summed E-state index contributed by atoms with van der Waals surface area (Å²) < 4.78 is 0. The Kier molecular flexibility index (Phi) is 2.37. The number of piperidine rings is 1. The fourth-order valence-corrected chi connectivity index (χ4v) is 2.94. The topological polar surface area (TPSA) is 29.3 Å².